The van der Waals surface area contributed by atoms with Gasteiger partial charge < -0.3 is 4.74 Å². The summed E-state index contributed by atoms with van der Waals surface area (Å²) in [6.07, 6.45) is 2.92. The number of rotatable bonds is 4. The molecule has 0 radical (unpaired) electrons. The van der Waals surface area contributed by atoms with Gasteiger partial charge in [-0.05, 0) is 20.3 Å². The van der Waals surface area contributed by atoms with Crippen LogP contribution in [0.1, 0.15) is 33.6 Å². The first-order valence-corrected chi connectivity index (χ1v) is 4.76. The van der Waals surface area contributed by atoms with E-state index in [0.717, 1.165) is 12.8 Å². The smallest absolute Gasteiger partial charge is 0.414 e. The molecule has 2 amide bonds. The van der Waals surface area contributed by atoms with E-state index in [-0.39, 0.29) is 6.61 Å². The first-order valence-electron chi connectivity index (χ1n) is 4.76. The number of carbonyl (C=O) groups is 2. The normalized spacial score (nSPS) is 10.9. The maximum atomic E-state index is 11.3. The summed E-state index contributed by atoms with van der Waals surface area (Å²) in [5.41, 5.74) is 0.542. The van der Waals surface area contributed by atoms with Crippen LogP contribution >= 0.6 is 0 Å². The first kappa shape index (κ1) is 12.7. The first-order chi connectivity index (χ1) is 6.61. The fraction of sp³-hybridized carbons (Fsp3) is 0.600. The van der Waals surface area contributed by atoms with Crippen LogP contribution in [0.3, 0.4) is 0 Å². The Morgan fingerprint density at radius 3 is 2.50 bits per heavy atom. The van der Waals surface area contributed by atoms with E-state index in [1.807, 2.05) is 6.92 Å². The molecule has 4 nitrogen and oxygen atoms in total. The van der Waals surface area contributed by atoms with E-state index in [0.29, 0.717) is 5.57 Å². The maximum Gasteiger partial charge on any atom is 0.414 e. The zero-order valence-corrected chi connectivity index (χ0v) is 8.92. The van der Waals surface area contributed by atoms with Crippen molar-refractivity contribution >= 4 is 12.0 Å². The van der Waals surface area contributed by atoms with Crippen LogP contribution in [-0.2, 0) is 9.53 Å². The van der Waals surface area contributed by atoms with Crippen LogP contribution in [0, 0.1) is 0 Å². The number of alkyl carbamates (subject to hydrolysis) is 1. The Bertz CT molecular complexity index is 234. The Balaban J connectivity index is 4.01. The maximum absolute atomic E-state index is 11.3. The minimum atomic E-state index is -0.693. The van der Waals surface area contributed by atoms with Crippen LogP contribution in [0.25, 0.3) is 0 Å². The van der Waals surface area contributed by atoms with Crippen molar-refractivity contribution in [2.45, 2.75) is 33.6 Å². The van der Waals surface area contributed by atoms with E-state index in [9.17, 15) is 9.59 Å². The molecule has 0 aromatic rings. The van der Waals surface area contributed by atoms with Crippen molar-refractivity contribution in [2.24, 2.45) is 0 Å². The van der Waals surface area contributed by atoms with Gasteiger partial charge >= 0.3 is 6.09 Å². The molecule has 0 aromatic carbocycles. The van der Waals surface area contributed by atoms with Gasteiger partial charge in [-0.25, -0.2) is 4.79 Å². The van der Waals surface area contributed by atoms with Crippen LogP contribution in [-0.4, -0.2) is 18.6 Å². The average molecular weight is 199 g/mol. The largest absolute Gasteiger partial charge is 0.450 e. The molecule has 0 aliphatic heterocycles. The van der Waals surface area contributed by atoms with Gasteiger partial charge in [-0.15, -0.1) is 0 Å². The Labute approximate surface area is 84.3 Å². The van der Waals surface area contributed by atoms with Gasteiger partial charge in [0.1, 0.15) is 0 Å². The number of ether oxygens (including phenoxy) is 1. The highest BCUT2D eigenvalue weighted by Crippen LogP contribution is 1.98. The topological polar surface area (TPSA) is 55.4 Å². The molecule has 0 fully saturated rings. The molecule has 0 heterocycles. The van der Waals surface area contributed by atoms with E-state index >= 15 is 0 Å². The third kappa shape index (κ3) is 5.35. The van der Waals surface area contributed by atoms with Crippen molar-refractivity contribution in [2.75, 3.05) is 6.61 Å². The van der Waals surface area contributed by atoms with Gasteiger partial charge in [-0.2, -0.15) is 0 Å². The molecule has 80 valence electrons. The quantitative estimate of drug-likeness (QED) is 0.704. The minimum Gasteiger partial charge on any atom is -0.450 e. The molecule has 0 unspecified atom stereocenters. The van der Waals surface area contributed by atoms with Crippen molar-refractivity contribution in [3.8, 4) is 0 Å². The van der Waals surface area contributed by atoms with E-state index in [4.69, 9.17) is 0 Å². The van der Waals surface area contributed by atoms with Gasteiger partial charge in [0.05, 0.1) is 6.61 Å². The number of hydrogen-bond acceptors (Lipinski definition) is 3. The van der Waals surface area contributed by atoms with E-state index < -0.39 is 12.0 Å². The molecular formula is C10H17NO3. The highest BCUT2D eigenvalue weighted by molar-refractivity contribution is 6.01. The summed E-state index contributed by atoms with van der Waals surface area (Å²) in [5.74, 6) is -0.392. The fourth-order valence-electron chi connectivity index (χ4n) is 0.812. The monoisotopic (exact) mass is 199 g/mol. The molecule has 0 aliphatic carbocycles. The van der Waals surface area contributed by atoms with E-state index in [1.165, 1.54) is 0 Å². The third-order valence-corrected chi connectivity index (χ3v) is 1.59. The number of nitrogens with one attached hydrogen (secondary N) is 1. The van der Waals surface area contributed by atoms with Crippen LogP contribution in [0.2, 0.25) is 0 Å². The third-order valence-electron chi connectivity index (χ3n) is 1.59. The molecule has 0 aromatic heterocycles. The highest BCUT2D eigenvalue weighted by Gasteiger charge is 2.08. The minimum absolute atomic E-state index is 0.261. The number of hydrogen-bond donors (Lipinski definition) is 1. The molecule has 0 saturated carbocycles. The van der Waals surface area contributed by atoms with E-state index in [1.54, 1.807) is 19.9 Å². The summed E-state index contributed by atoms with van der Waals surface area (Å²) in [6, 6.07) is 0. The molecule has 1 N–H and O–H groups in total. The summed E-state index contributed by atoms with van der Waals surface area (Å²) >= 11 is 0. The van der Waals surface area contributed by atoms with Gasteiger partial charge in [0.15, 0.2) is 0 Å². The van der Waals surface area contributed by atoms with Gasteiger partial charge in [0, 0.05) is 5.57 Å². The Morgan fingerprint density at radius 2 is 2.00 bits per heavy atom. The predicted octanol–water partition coefficient (Wildman–Crippen LogP) is 2.01. The van der Waals surface area contributed by atoms with Crippen LogP contribution in [0.15, 0.2) is 11.6 Å². The standard InChI is InChI=1S/C10H17NO3/c1-4-6-7-8(3)9(12)11-10(13)14-5-2/h7H,4-6H2,1-3H3,(H,11,12,13). The molecule has 4 heteroatoms. The van der Waals surface area contributed by atoms with Crippen LogP contribution < -0.4 is 5.32 Å². The number of carbonyl (C=O) groups excluding carboxylic acids is 2. The van der Waals surface area contributed by atoms with Crippen molar-refractivity contribution in [1.29, 1.82) is 0 Å². The fourth-order valence-corrected chi connectivity index (χ4v) is 0.812. The Hall–Kier alpha value is -1.32. The zero-order valence-electron chi connectivity index (χ0n) is 8.92. The summed E-state index contributed by atoms with van der Waals surface area (Å²) < 4.78 is 4.57. The highest BCUT2D eigenvalue weighted by atomic mass is 16.5. The van der Waals surface area contributed by atoms with Crippen molar-refractivity contribution < 1.29 is 14.3 Å². The second-order valence-electron chi connectivity index (χ2n) is 2.85. The zero-order chi connectivity index (χ0) is 11.0. The lowest BCUT2D eigenvalue weighted by molar-refractivity contribution is -0.116. The average Bonchev–Trinajstić information content (AvgIpc) is 2.14. The summed E-state index contributed by atoms with van der Waals surface area (Å²) in [5, 5.41) is 2.12. The van der Waals surface area contributed by atoms with Crippen molar-refractivity contribution in [3.05, 3.63) is 11.6 Å². The van der Waals surface area contributed by atoms with Gasteiger partial charge in [-0.1, -0.05) is 19.4 Å². The number of unbranched alkanes of at least 4 members (excludes halogenated alkanes) is 1. The summed E-state index contributed by atoms with van der Waals surface area (Å²) in [4.78, 5) is 22.1. The lowest BCUT2D eigenvalue weighted by Crippen LogP contribution is -2.31. The molecule has 0 bridgehead atoms. The van der Waals surface area contributed by atoms with Crippen LogP contribution in [0.5, 0.6) is 0 Å². The molecular weight excluding hydrogens is 182 g/mol. The molecule has 0 spiro atoms. The SMILES string of the molecule is CCCC=C(C)C(=O)NC(=O)OCC. The predicted molar refractivity (Wildman–Crippen MR) is 53.8 cm³/mol. The molecule has 0 rings (SSSR count). The van der Waals surface area contributed by atoms with Gasteiger partial charge in [0.2, 0.25) is 0 Å². The number of amides is 2. The lowest BCUT2D eigenvalue weighted by atomic mass is 10.2. The molecule has 0 saturated heterocycles. The molecule has 0 atom stereocenters. The number of imide groups is 1. The van der Waals surface area contributed by atoms with Crippen LogP contribution in [0.4, 0.5) is 4.79 Å². The lowest BCUT2D eigenvalue weighted by Gasteiger charge is -2.03. The Morgan fingerprint density at radius 1 is 1.36 bits per heavy atom. The Kier molecular flexibility index (Phi) is 6.45. The molecule has 14 heavy (non-hydrogen) atoms. The summed E-state index contributed by atoms with van der Waals surface area (Å²) in [6.45, 7) is 5.64. The second kappa shape index (κ2) is 7.12. The molecule has 0 aliphatic rings. The van der Waals surface area contributed by atoms with E-state index in [2.05, 4.69) is 10.1 Å². The van der Waals surface area contributed by atoms with Crippen molar-refractivity contribution in [3.63, 3.8) is 0 Å². The van der Waals surface area contributed by atoms with Gasteiger partial charge in [0.25, 0.3) is 5.91 Å². The van der Waals surface area contributed by atoms with Gasteiger partial charge in [-0.3, -0.25) is 10.1 Å². The summed E-state index contributed by atoms with van der Waals surface area (Å²) in [7, 11) is 0. The van der Waals surface area contributed by atoms with Crippen molar-refractivity contribution in [1.82, 2.24) is 5.32 Å². The number of allylic oxidation sites excluding steroid dienone is 1. The second-order valence-corrected chi connectivity index (χ2v) is 2.85.